The van der Waals surface area contributed by atoms with Gasteiger partial charge in [0.2, 0.25) is 17.7 Å². The maximum Gasteiger partial charge on any atom is 0.247 e. The lowest BCUT2D eigenvalue weighted by atomic mass is 10.1. The highest BCUT2D eigenvalue weighted by Crippen LogP contribution is 2.28. The molecule has 29 heavy (non-hydrogen) atoms. The molecule has 0 bridgehead atoms. The smallest absolute Gasteiger partial charge is 0.247 e. The van der Waals surface area contributed by atoms with Gasteiger partial charge in [0.25, 0.3) is 0 Å². The number of halogens is 1. The normalized spacial score (nSPS) is 12.1. The third-order valence-electron chi connectivity index (χ3n) is 4.59. The monoisotopic (exact) mass is 414 g/mol. The topological polar surface area (TPSA) is 80.5 Å². The summed E-state index contributed by atoms with van der Waals surface area (Å²) >= 11 is 6.01. The summed E-state index contributed by atoms with van der Waals surface area (Å²) < 4.78 is 11.1. The third-order valence-corrected chi connectivity index (χ3v) is 4.82. The molecule has 1 N–H and O–H groups in total. The maximum atomic E-state index is 12.5. The van der Waals surface area contributed by atoms with Crippen molar-refractivity contribution in [1.29, 1.82) is 0 Å². The van der Waals surface area contributed by atoms with E-state index in [1.807, 2.05) is 50.1 Å². The summed E-state index contributed by atoms with van der Waals surface area (Å²) in [5.74, 6) is 1.22. The van der Waals surface area contributed by atoms with Crippen molar-refractivity contribution < 1.29 is 13.9 Å². The van der Waals surface area contributed by atoms with Gasteiger partial charge in [0.05, 0.1) is 25.4 Å². The molecule has 0 aliphatic carbocycles. The van der Waals surface area contributed by atoms with Gasteiger partial charge in [0, 0.05) is 10.6 Å². The SMILES string of the molecule is COc1ccc(Cl)cc1NC(=O)CN(C)C(C)c1nnc(-c2ccc(C)cc2)o1. The van der Waals surface area contributed by atoms with Crippen molar-refractivity contribution in [2.45, 2.75) is 19.9 Å². The third kappa shape index (κ3) is 5.13. The summed E-state index contributed by atoms with van der Waals surface area (Å²) in [5.41, 5.74) is 2.53. The molecule has 3 aromatic rings. The molecule has 0 saturated heterocycles. The van der Waals surface area contributed by atoms with Gasteiger partial charge in [0.1, 0.15) is 5.75 Å². The van der Waals surface area contributed by atoms with E-state index in [9.17, 15) is 4.79 Å². The van der Waals surface area contributed by atoms with Crippen LogP contribution in [0.2, 0.25) is 5.02 Å². The molecule has 2 aromatic carbocycles. The zero-order chi connectivity index (χ0) is 21.0. The Kier molecular flexibility index (Phi) is 6.51. The molecule has 0 radical (unpaired) electrons. The number of carbonyl (C=O) groups is 1. The first-order valence-corrected chi connectivity index (χ1v) is 9.49. The number of nitrogens with one attached hydrogen (secondary N) is 1. The Morgan fingerprint density at radius 3 is 2.66 bits per heavy atom. The van der Waals surface area contributed by atoms with Gasteiger partial charge < -0.3 is 14.5 Å². The summed E-state index contributed by atoms with van der Waals surface area (Å²) in [5, 5.41) is 11.6. The number of carbonyl (C=O) groups excluding carboxylic acids is 1. The second-order valence-electron chi connectivity index (χ2n) is 6.80. The molecule has 0 fully saturated rings. The Bertz CT molecular complexity index is 988. The van der Waals surface area contributed by atoms with E-state index in [0.717, 1.165) is 11.1 Å². The summed E-state index contributed by atoms with van der Waals surface area (Å²) in [6.45, 7) is 4.04. The number of ether oxygens (including phenoxy) is 1. The Labute approximate surface area is 174 Å². The predicted molar refractivity (Wildman–Crippen MR) is 112 cm³/mol. The van der Waals surface area contributed by atoms with Crippen LogP contribution in [-0.4, -0.2) is 41.7 Å². The van der Waals surface area contributed by atoms with Crippen LogP contribution in [-0.2, 0) is 4.79 Å². The van der Waals surface area contributed by atoms with Crippen molar-refractivity contribution in [1.82, 2.24) is 15.1 Å². The van der Waals surface area contributed by atoms with Crippen LogP contribution in [0.1, 0.15) is 24.4 Å². The van der Waals surface area contributed by atoms with Gasteiger partial charge in [-0.05, 0) is 51.2 Å². The summed E-state index contributed by atoms with van der Waals surface area (Å²) in [4.78, 5) is 14.3. The molecule has 1 heterocycles. The van der Waals surface area contributed by atoms with Gasteiger partial charge in [0.15, 0.2) is 0 Å². The molecule has 1 aromatic heterocycles. The zero-order valence-corrected chi connectivity index (χ0v) is 17.5. The van der Waals surface area contributed by atoms with Gasteiger partial charge in [-0.3, -0.25) is 9.69 Å². The second kappa shape index (κ2) is 9.07. The minimum Gasteiger partial charge on any atom is -0.495 e. The lowest BCUT2D eigenvalue weighted by molar-refractivity contribution is -0.117. The fourth-order valence-corrected chi connectivity index (χ4v) is 2.91. The predicted octanol–water partition coefficient (Wildman–Crippen LogP) is 4.34. The number of hydrogen-bond donors (Lipinski definition) is 1. The Morgan fingerprint density at radius 2 is 1.97 bits per heavy atom. The van der Waals surface area contributed by atoms with Crippen molar-refractivity contribution in [2.75, 3.05) is 26.0 Å². The number of rotatable bonds is 7. The highest BCUT2D eigenvalue weighted by atomic mass is 35.5. The zero-order valence-electron chi connectivity index (χ0n) is 16.8. The van der Waals surface area contributed by atoms with E-state index in [2.05, 4.69) is 15.5 Å². The quantitative estimate of drug-likeness (QED) is 0.619. The summed E-state index contributed by atoms with van der Waals surface area (Å²) in [6.07, 6.45) is 0. The minimum atomic E-state index is -0.242. The van der Waals surface area contributed by atoms with Crippen molar-refractivity contribution in [2.24, 2.45) is 0 Å². The number of benzene rings is 2. The second-order valence-corrected chi connectivity index (χ2v) is 7.23. The van der Waals surface area contributed by atoms with Crippen molar-refractivity contribution in [3.63, 3.8) is 0 Å². The summed E-state index contributed by atoms with van der Waals surface area (Å²) in [6, 6.07) is 12.7. The lowest BCUT2D eigenvalue weighted by Crippen LogP contribution is -2.32. The fraction of sp³-hybridized carbons (Fsp3) is 0.286. The highest BCUT2D eigenvalue weighted by molar-refractivity contribution is 6.31. The maximum absolute atomic E-state index is 12.5. The average Bonchev–Trinajstić information content (AvgIpc) is 3.18. The van der Waals surface area contributed by atoms with Crippen LogP contribution >= 0.6 is 11.6 Å². The van der Waals surface area contributed by atoms with Crippen LogP contribution in [0.15, 0.2) is 46.9 Å². The standard InChI is InChI=1S/C21H23ClN4O3/c1-13-5-7-15(8-6-13)21-25-24-20(29-21)14(2)26(3)12-19(27)23-17-11-16(22)9-10-18(17)28-4/h5-11,14H,12H2,1-4H3,(H,23,27). The number of likely N-dealkylation sites (N-methyl/N-ethyl adjacent to an activating group) is 1. The largest absolute Gasteiger partial charge is 0.495 e. The number of anilines is 1. The van der Waals surface area contributed by atoms with Gasteiger partial charge in [-0.25, -0.2) is 0 Å². The molecule has 0 spiro atoms. The van der Waals surface area contributed by atoms with Crippen molar-refractivity contribution in [3.05, 3.63) is 58.9 Å². The van der Waals surface area contributed by atoms with E-state index in [1.54, 1.807) is 18.2 Å². The molecule has 7 nitrogen and oxygen atoms in total. The molecule has 0 aliphatic heterocycles. The number of hydrogen-bond acceptors (Lipinski definition) is 6. The highest BCUT2D eigenvalue weighted by Gasteiger charge is 2.21. The van der Waals surface area contributed by atoms with Crippen LogP contribution in [0.5, 0.6) is 5.75 Å². The number of methoxy groups -OCH3 is 1. The Hall–Kier alpha value is -2.90. The molecule has 0 saturated carbocycles. The van der Waals surface area contributed by atoms with E-state index in [4.69, 9.17) is 20.8 Å². The fourth-order valence-electron chi connectivity index (χ4n) is 2.74. The number of amides is 1. The van der Waals surface area contributed by atoms with Crippen LogP contribution in [0.4, 0.5) is 5.69 Å². The molecule has 152 valence electrons. The van der Waals surface area contributed by atoms with Gasteiger partial charge in [-0.15, -0.1) is 10.2 Å². The first kappa shape index (κ1) is 20.8. The first-order chi connectivity index (χ1) is 13.9. The Morgan fingerprint density at radius 1 is 1.24 bits per heavy atom. The Balaban J connectivity index is 1.65. The van der Waals surface area contributed by atoms with Gasteiger partial charge >= 0.3 is 0 Å². The first-order valence-electron chi connectivity index (χ1n) is 9.11. The number of aromatic nitrogens is 2. The minimum absolute atomic E-state index is 0.124. The number of nitrogens with zero attached hydrogens (tertiary/aromatic N) is 3. The van der Waals surface area contributed by atoms with E-state index >= 15 is 0 Å². The van der Waals surface area contributed by atoms with Crippen LogP contribution < -0.4 is 10.1 Å². The molecule has 8 heteroatoms. The summed E-state index contributed by atoms with van der Waals surface area (Å²) in [7, 11) is 3.35. The molecule has 1 atom stereocenters. The molecular formula is C21H23ClN4O3. The van der Waals surface area contributed by atoms with E-state index in [1.165, 1.54) is 7.11 Å². The number of aryl methyl sites for hydroxylation is 1. The van der Waals surface area contributed by atoms with E-state index in [0.29, 0.717) is 28.2 Å². The van der Waals surface area contributed by atoms with Crippen LogP contribution in [0.3, 0.4) is 0 Å². The molecule has 0 aliphatic rings. The van der Waals surface area contributed by atoms with Crippen molar-refractivity contribution in [3.8, 4) is 17.2 Å². The lowest BCUT2D eigenvalue weighted by Gasteiger charge is -2.21. The van der Waals surface area contributed by atoms with Crippen LogP contribution in [0.25, 0.3) is 11.5 Å². The molecule has 3 rings (SSSR count). The molecule has 1 amide bonds. The molecular weight excluding hydrogens is 392 g/mol. The molecule has 1 unspecified atom stereocenters. The average molecular weight is 415 g/mol. The van der Waals surface area contributed by atoms with Crippen LogP contribution in [0, 0.1) is 6.92 Å². The van der Waals surface area contributed by atoms with E-state index < -0.39 is 0 Å². The van der Waals surface area contributed by atoms with E-state index in [-0.39, 0.29) is 18.5 Å². The van der Waals surface area contributed by atoms with Gasteiger partial charge in [-0.1, -0.05) is 29.3 Å². The van der Waals surface area contributed by atoms with Crippen molar-refractivity contribution >= 4 is 23.2 Å². The van der Waals surface area contributed by atoms with Gasteiger partial charge in [-0.2, -0.15) is 0 Å².